The fourth-order valence-corrected chi connectivity index (χ4v) is 3.44. The number of para-hydroxylation sites is 1. The van der Waals surface area contributed by atoms with Gasteiger partial charge in [-0.2, -0.15) is 0 Å². The molecule has 0 fully saturated rings. The van der Waals surface area contributed by atoms with Gasteiger partial charge in [-0.1, -0.05) is 30.3 Å². The predicted molar refractivity (Wildman–Crippen MR) is 117 cm³/mol. The van der Waals surface area contributed by atoms with Crippen molar-refractivity contribution >= 4 is 34.1 Å². The highest BCUT2D eigenvalue weighted by atomic mass is 16.1. The zero-order chi connectivity index (χ0) is 21.1. The highest BCUT2D eigenvalue weighted by Gasteiger charge is 2.14. The van der Waals surface area contributed by atoms with E-state index in [-0.39, 0.29) is 5.78 Å². The molecule has 0 atom stereocenters. The molecule has 7 nitrogen and oxygen atoms in total. The van der Waals surface area contributed by atoms with Crippen LogP contribution in [0.25, 0.3) is 10.9 Å². The number of hydrogen-bond donors (Lipinski definition) is 2. The number of aromatic nitrogens is 2. The number of Topliss-reactive ketones (excluding diaryl/α,β-unsaturated/α-hetero) is 1. The second-order valence-corrected chi connectivity index (χ2v) is 7.25. The highest BCUT2D eigenvalue weighted by molar-refractivity contribution is 6.45. The van der Waals surface area contributed by atoms with Crippen LogP contribution in [0.1, 0.15) is 28.4 Å². The quantitative estimate of drug-likeness (QED) is 0.635. The summed E-state index contributed by atoms with van der Waals surface area (Å²) in [7, 11) is 0. The van der Waals surface area contributed by atoms with Crippen LogP contribution in [0.15, 0.2) is 65.4 Å². The molecule has 150 valence electrons. The van der Waals surface area contributed by atoms with E-state index >= 15 is 0 Å². The monoisotopic (exact) mass is 399 g/mol. The molecule has 1 amide bonds. The van der Waals surface area contributed by atoms with E-state index in [0.29, 0.717) is 42.1 Å². The number of nitrogens with two attached hydrogens (primary N) is 1. The molecule has 0 spiro atoms. The van der Waals surface area contributed by atoms with Gasteiger partial charge >= 0.3 is 0 Å². The van der Waals surface area contributed by atoms with Crippen molar-refractivity contribution in [2.75, 3.05) is 11.9 Å². The number of carbonyl (C=O) groups is 2. The van der Waals surface area contributed by atoms with Gasteiger partial charge in [0.1, 0.15) is 17.9 Å². The van der Waals surface area contributed by atoms with Crippen LogP contribution in [0, 0.1) is 0 Å². The van der Waals surface area contributed by atoms with Crippen molar-refractivity contribution in [3.63, 3.8) is 0 Å². The lowest BCUT2D eigenvalue weighted by Gasteiger charge is -2.10. The smallest absolute Gasteiger partial charge is 0.250 e. The number of nitrogens with zero attached hydrogens (tertiary/aromatic N) is 3. The number of fused-ring (bicyclic) bond motifs is 1. The van der Waals surface area contributed by atoms with Crippen molar-refractivity contribution in [2.24, 2.45) is 10.7 Å². The number of nitrogens with one attached hydrogen (secondary N) is 1. The minimum Gasteiger partial charge on any atom is -0.366 e. The van der Waals surface area contributed by atoms with E-state index in [1.165, 1.54) is 6.33 Å². The Labute approximate surface area is 173 Å². The fourth-order valence-electron chi connectivity index (χ4n) is 3.44. The van der Waals surface area contributed by atoms with Crippen molar-refractivity contribution in [1.82, 2.24) is 9.97 Å². The third-order valence-corrected chi connectivity index (χ3v) is 4.91. The molecule has 1 aliphatic heterocycles. The number of benzene rings is 2. The molecular formula is C23H21N5O2. The van der Waals surface area contributed by atoms with Gasteiger partial charge in [0.2, 0.25) is 0 Å². The summed E-state index contributed by atoms with van der Waals surface area (Å²) in [5, 5.41) is 4.01. The van der Waals surface area contributed by atoms with Gasteiger partial charge in [0, 0.05) is 18.4 Å². The van der Waals surface area contributed by atoms with Crippen LogP contribution in [0.4, 0.5) is 5.82 Å². The Kier molecular flexibility index (Phi) is 5.34. The van der Waals surface area contributed by atoms with Crippen molar-refractivity contribution in [1.29, 1.82) is 0 Å². The van der Waals surface area contributed by atoms with E-state index in [2.05, 4.69) is 20.3 Å². The van der Waals surface area contributed by atoms with Crippen LogP contribution < -0.4 is 11.1 Å². The molecule has 0 radical (unpaired) electrons. The maximum absolute atomic E-state index is 12.4. The Bertz CT molecular complexity index is 1210. The molecular weight excluding hydrogens is 378 g/mol. The van der Waals surface area contributed by atoms with Gasteiger partial charge in [-0.25, -0.2) is 9.97 Å². The molecule has 1 aromatic heterocycles. The van der Waals surface area contributed by atoms with Crippen molar-refractivity contribution < 1.29 is 9.59 Å². The molecule has 3 aromatic rings. The lowest BCUT2D eigenvalue weighted by Crippen LogP contribution is -2.13. The van der Waals surface area contributed by atoms with Gasteiger partial charge in [-0.3, -0.25) is 14.6 Å². The molecule has 2 heterocycles. The van der Waals surface area contributed by atoms with E-state index in [9.17, 15) is 9.59 Å². The maximum Gasteiger partial charge on any atom is 0.250 e. The molecule has 30 heavy (non-hydrogen) atoms. The first-order valence-electron chi connectivity index (χ1n) is 9.61. The summed E-state index contributed by atoms with van der Waals surface area (Å²) < 4.78 is 0. The van der Waals surface area contributed by atoms with Gasteiger partial charge in [-0.15, -0.1) is 0 Å². The zero-order valence-corrected chi connectivity index (χ0v) is 16.6. The molecule has 2 aromatic carbocycles. The van der Waals surface area contributed by atoms with Crippen LogP contribution >= 0.6 is 0 Å². The standard InChI is InChI=1S/C23H21N5O2/c1-14-8-19(25-11-14)20(29)10-15-4-2-5-16(9-15)12-26-23-18-7-3-6-17(22(24)30)21(18)27-13-28-23/h2-9,13H,10-12H2,1H3,(H2,24,30)(H,26,27,28). The maximum atomic E-state index is 12.4. The van der Waals surface area contributed by atoms with Crippen LogP contribution in [0.2, 0.25) is 0 Å². The lowest BCUT2D eigenvalue weighted by molar-refractivity contribution is -0.112. The first-order chi connectivity index (χ1) is 14.5. The summed E-state index contributed by atoms with van der Waals surface area (Å²) in [6.07, 6.45) is 3.58. The number of amides is 1. The summed E-state index contributed by atoms with van der Waals surface area (Å²) in [6, 6.07) is 13.1. The van der Waals surface area contributed by atoms with Crippen molar-refractivity contribution in [2.45, 2.75) is 19.9 Å². The van der Waals surface area contributed by atoms with Crippen molar-refractivity contribution in [3.8, 4) is 0 Å². The molecule has 7 heteroatoms. The Morgan fingerprint density at radius 2 is 1.90 bits per heavy atom. The second kappa shape index (κ2) is 8.24. The van der Waals surface area contributed by atoms with Crippen LogP contribution in [0.3, 0.4) is 0 Å². The molecule has 0 unspecified atom stereocenters. The van der Waals surface area contributed by atoms with Gasteiger partial charge < -0.3 is 11.1 Å². The van der Waals surface area contributed by atoms with E-state index in [4.69, 9.17) is 5.73 Å². The second-order valence-electron chi connectivity index (χ2n) is 7.25. The number of hydrogen-bond acceptors (Lipinski definition) is 6. The molecule has 3 N–H and O–H groups in total. The van der Waals surface area contributed by atoms with Crippen LogP contribution in [-0.4, -0.2) is 33.9 Å². The third kappa shape index (κ3) is 4.10. The highest BCUT2D eigenvalue weighted by Crippen LogP contribution is 2.22. The van der Waals surface area contributed by atoms with Crippen molar-refractivity contribution in [3.05, 3.63) is 77.1 Å². The summed E-state index contributed by atoms with van der Waals surface area (Å²) in [5.41, 5.74) is 9.92. The SMILES string of the molecule is CC1=CC(C(=O)Cc2cccc(CNc3ncnc4c(C(N)=O)cccc34)c2)=NC1. The Balaban J connectivity index is 1.50. The Morgan fingerprint density at radius 3 is 2.67 bits per heavy atom. The summed E-state index contributed by atoms with van der Waals surface area (Å²) >= 11 is 0. The molecule has 1 aliphatic rings. The fraction of sp³-hybridized carbons (Fsp3) is 0.174. The number of aliphatic imine (C=N–C) groups is 1. The van der Waals surface area contributed by atoms with Gasteiger partial charge in [0.05, 0.1) is 17.6 Å². The van der Waals surface area contributed by atoms with Crippen LogP contribution in [-0.2, 0) is 17.8 Å². The Hall–Kier alpha value is -3.87. The first kappa shape index (κ1) is 19.4. The van der Waals surface area contributed by atoms with E-state index in [1.54, 1.807) is 12.1 Å². The summed E-state index contributed by atoms with van der Waals surface area (Å²) in [5.74, 6) is 0.114. The lowest BCUT2D eigenvalue weighted by atomic mass is 10.0. The average molecular weight is 399 g/mol. The number of ketones is 1. The van der Waals surface area contributed by atoms with Gasteiger partial charge in [-0.05, 0) is 41.8 Å². The minimum absolute atomic E-state index is 0.0257. The van der Waals surface area contributed by atoms with Gasteiger partial charge in [0.25, 0.3) is 5.91 Å². The molecule has 0 aliphatic carbocycles. The summed E-state index contributed by atoms with van der Waals surface area (Å²) in [6.45, 7) is 3.09. The number of rotatable bonds is 7. The molecule has 0 bridgehead atoms. The average Bonchev–Trinajstić information content (AvgIpc) is 3.18. The molecule has 0 saturated carbocycles. The van der Waals surface area contributed by atoms with E-state index in [0.717, 1.165) is 22.1 Å². The normalized spacial score (nSPS) is 13.1. The minimum atomic E-state index is -0.528. The summed E-state index contributed by atoms with van der Waals surface area (Å²) in [4.78, 5) is 36.9. The Morgan fingerprint density at radius 1 is 1.10 bits per heavy atom. The number of primary amides is 1. The van der Waals surface area contributed by atoms with Crippen LogP contribution in [0.5, 0.6) is 0 Å². The third-order valence-electron chi connectivity index (χ3n) is 4.91. The largest absolute Gasteiger partial charge is 0.366 e. The number of carbonyl (C=O) groups excluding carboxylic acids is 2. The number of anilines is 1. The molecule has 4 rings (SSSR count). The molecule has 0 saturated heterocycles. The first-order valence-corrected chi connectivity index (χ1v) is 9.61. The topological polar surface area (TPSA) is 110 Å². The number of allylic oxidation sites excluding steroid dienone is 1. The predicted octanol–water partition coefficient (Wildman–Crippen LogP) is 2.85. The van der Waals surface area contributed by atoms with E-state index in [1.807, 2.05) is 43.3 Å². The van der Waals surface area contributed by atoms with Gasteiger partial charge in [0.15, 0.2) is 5.78 Å². The zero-order valence-electron chi connectivity index (χ0n) is 16.6. The van der Waals surface area contributed by atoms with E-state index < -0.39 is 5.91 Å².